The molecule has 0 fully saturated rings. The zero-order valence-electron chi connectivity index (χ0n) is 18.4. The minimum absolute atomic E-state index is 0.0730. The van der Waals surface area contributed by atoms with E-state index in [1.165, 1.54) is 47.0 Å². The predicted octanol–water partition coefficient (Wildman–Crippen LogP) is 4.05. The van der Waals surface area contributed by atoms with Crippen LogP contribution in [0.2, 0.25) is 0 Å². The summed E-state index contributed by atoms with van der Waals surface area (Å²) in [6.45, 7) is 2.13. The highest BCUT2D eigenvalue weighted by Gasteiger charge is 2.28. The van der Waals surface area contributed by atoms with E-state index in [0.717, 1.165) is 29.7 Å². The number of nitrogens with one attached hydrogen (secondary N) is 1. The Morgan fingerprint density at radius 3 is 2.39 bits per heavy atom. The third-order valence-corrected chi connectivity index (χ3v) is 8.88. The molecule has 1 unspecified atom stereocenters. The van der Waals surface area contributed by atoms with Gasteiger partial charge in [0.25, 0.3) is 21.8 Å². The molecule has 1 aromatic heterocycles. The number of anilines is 2. The van der Waals surface area contributed by atoms with Gasteiger partial charge in [0.05, 0.1) is 16.1 Å². The van der Waals surface area contributed by atoms with Gasteiger partial charge in [-0.25, -0.2) is 8.42 Å². The number of amides is 2. The van der Waals surface area contributed by atoms with E-state index in [1.54, 1.807) is 24.3 Å². The second-order valence-electron chi connectivity index (χ2n) is 8.21. The Balaban J connectivity index is 1.56. The third-order valence-electron chi connectivity index (χ3n) is 5.88. The standard InChI is InChI=1S/C24H25N3O4S2/c1-15-8-13-20-19(14-15)21(22(25)28)24(32-20)26-23(29)16-9-11-18(12-10-16)33(30,31)27(2)17-6-4-3-5-7-17/h3-7,9-12,15H,8,13-14H2,1-2H3,(H2,25,28)(H,26,29). The molecule has 33 heavy (non-hydrogen) atoms. The van der Waals surface area contributed by atoms with Gasteiger partial charge in [-0.1, -0.05) is 25.1 Å². The van der Waals surface area contributed by atoms with E-state index in [2.05, 4.69) is 12.2 Å². The van der Waals surface area contributed by atoms with Crippen LogP contribution in [0.4, 0.5) is 10.7 Å². The molecule has 0 saturated heterocycles. The summed E-state index contributed by atoms with van der Waals surface area (Å²) in [5.74, 6) is -0.524. The lowest BCUT2D eigenvalue weighted by molar-refractivity contribution is 0.1000. The number of nitrogens with zero attached hydrogens (tertiary/aromatic N) is 1. The number of hydrogen-bond acceptors (Lipinski definition) is 5. The molecular formula is C24H25N3O4S2. The molecule has 3 aromatic rings. The van der Waals surface area contributed by atoms with Crippen LogP contribution >= 0.6 is 11.3 Å². The summed E-state index contributed by atoms with van der Waals surface area (Å²) >= 11 is 1.39. The number of carbonyl (C=O) groups is 2. The highest BCUT2D eigenvalue weighted by atomic mass is 32.2. The molecule has 2 aromatic carbocycles. The van der Waals surface area contributed by atoms with Crippen molar-refractivity contribution in [2.45, 2.75) is 31.1 Å². The first-order chi connectivity index (χ1) is 15.7. The molecule has 0 radical (unpaired) electrons. The van der Waals surface area contributed by atoms with Crippen molar-refractivity contribution in [2.24, 2.45) is 11.7 Å². The Morgan fingerprint density at radius 2 is 1.76 bits per heavy atom. The lowest BCUT2D eigenvalue weighted by atomic mass is 9.87. The molecule has 9 heteroatoms. The molecule has 2 amide bonds. The average molecular weight is 484 g/mol. The first kappa shape index (κ1) is 23.0. The Bertz CT molecular complexity index is 1300. The van der Waals surface area contributed by atoms with Crippen molar-refractivity contribution in [3.05, 3.63) is 76.2 Å². The molecule has 172 valence electrons. The largest absolute Gasteiger partial charge is 0.365 e. The summed E-state index contributed by atoms with van der Waals surface area (Å²) in [6.07, 6.45) is 2.66. The van der Waals surface area contributed by atoms with Crippen molar-refractivity contribution < 1.29 is 18.0 Å². The minimum Gasteiger partial charge on any atom is -0.365 e. The van der Waals surface area contributed by atoms with Gasteiger partial charge in [-0.15, -0.1) is 11.3 Å². The van der Waals surface area contributed by atoms with Gasteiger partial charge in [-0.05, 0) is 67.1 Å². The van der Waals surface area contributed by atoms with Crippen molar-refractivity contribution in [3.63, 3.8) is 0 Å². The Kier molecular flexibility index (Phi) is 6.27. The van der Waals surface area contributed by atoms with Crippen LogP contribution in [0, 0.1) is 5.92 Å². The highest BCUT2D eigenvalue weighted by Crippen LogP contribution is 2.39. The number of thiophene rings is 1. The lowest BCUT2D eigenvalue weighted by Crippen LogP contribution is -2.26. The second kappa shape index (κ2) is 8.99. The molecular weight excluding hydrogens is 458 g/mol. The van der Waals surface area contributed by atoms with E-state index in [0.29, 0.717) is 22.2 Å². The minimum atomic E-state index is -3.78. The monoisotopic (exact) mass is 483 g/mol. The van der Waals surface area contributed by atoms with Crippen LogP contribution in [0.1, 0.15) is 44.5 Å². The van der Waals surface area contributed by atoms with Gasteiger partial charge in [0.1, 0.15) is 5.00 Å². The highest BCUT2D eigenvalue weighted by molar-refractivity contribution is 7.92. The number of fused-ring (bicyclic) bond motifs is 1. The Hall–Kier alpha value is -3.17. The van der Waals surface area contributed by atoms with E-state index in [9.17, 15) is 18.0 Å². The van der Waals surface area contributed by atoms with Crippen LogP contribution in [0.5, 0.6) is 0 Å². The van der Waals surface area contributed by atoms with Crippen molar-refractivity contribution in [1.82, 2.24) is 0 Å². The van der Waals surface area contributed by atoms with Gasteiger partial charge in [0.15, 0.2) is 0 Å². The summed E-state index contributed by atoms with van der Waals surface area (Å²) in [5, 5.41) is 3.26. The van der Waals surface area contributed by atoms with E-state index in [4.69, 9.17) is 5.73 Å². The molecule has 1 aliphatic carbocycles. The first-order valence-electron chi connectivity index (χ1n) is 10.6. The molecule has 1 aliphatic rings. The van der Waals surface area contributed by atoms with Gasteiger partial charge in [0, 0.05) is 17.5 Å². The van der Waals surface area contributed by atoms with Crippen LogP contribution in [0.25, 0.3) is 0 Å². The number of carbonyl (C=O) groups excluding carboxylic acids is 2. The van der Waals surface area contributed by atoms with Gasteiger partial charge in [-0.2, -0.15) is 0 Å². The fraction of sp³-hybridized carbons (Fsp3) is 0.250. The van der Waals surface area contributed by atoms with Crippen molar-refractivity contribution in [2.75, 3.05) is 16.7 Å². The van der Waals surface area contributed by atoms with Crippen molar-refractivity contribution >= 4 is 43.9 Å². The summed E-state index contributed by atoms with van der Waals surface area (Å²) < 4.78 is 27.1. The SMILES string of the molecule is CC1CCc2sc(NC(=O)c3ccc(S(=O)(=O)N(C)c4ccccc4)cc3)c(C(N)=O)c2C1. The summed E-state index contributed by atoms with van der Waals surface area (Å²) in [5.41, 5.74) is 7.78. The molecule has 1 atom stereocenters. The van der Waals surface area contributed by atoms with Crippen LogP contribution in [-0.4, -0.2) is 27.3 Å². The van der Waals surface area contributed by atoms with Crippen LogP contribution < -0.4 is 15.4 Å². The molecule has 3 N–H and O–H groups in total. The maximum Gasteiger partial charge on any atom is 0.264 e. The molecule has 0 saturated carbocycles. The molecule has 0 bridgehead atoms. The van der Waals surface area contributed by atoms with Gasteiger partial charge >= 0.3 is 0 Å². The zero-order valence-corrected chi connectivity index (χ0v) is 20.0. The fourth-order valence-corrected chi connectivity index (χ4v) is 6.44. The number of para-hydroxylation sites is 1. The van der Waals surface area contributed by atoms with E-state index in [-0.39, 0.29) is 10.5 Å². The third kappa shape index (κ3) is 4.51. The maximum absolute atomic E-state index is 12.9. The summed E-state index contributed by atoms with van der Waals surface area (Å²) in [7, 11) is -2.29. The predicted molar refractivity (Wildman–Crippen MR) is 130 cm³/mol. The smallest absolute Gasteiger partial charge is 0.264 e. The van der Waals surface area contributed by atoms with E-state index >= 15 is 0 Å². The number of primary amides is 1. The number of hydrogen-bond donors (Lipinski definition) is 2. The number of sulfonamides is 1. The number of benzene rings is 2. The van der Waals surface area contributed by atoms with Crippen LogP contribution in [0.3, 0.4) is 0 Å². The summed E-state index contributed by atoms with van der Waals surface area (Å²) in [4.78, 5) is 26.1. The quantitative estimate of drug-likeness (QED) is 0.551. The Morgan fingerprint density at radius 1 is 1.09 bits per heavy atom. The van der Waals surface area contributed by atoms with Crippen LogP contribution in [-0.2, 0) is 22.9 Å². The van der Waals surface area contributed by atoms with E-state index < -0.39 is 21.8 Å². The fourth-order valence-electron chi connectivity index (χ4n) is 4.00. The Labute approximate surface area is 197 Å². The molecule has 0 spiro atoms. The van der Waals surface area contributed by atoms with E-state index in [1.807, 2.05) is 6.07 Å². The average Bonchev–Trinajstić information content (AvgIpc) is 3.16. The lowest BCUT2D eigenvalue weighted by Gasteiger charge is -2.19. The second-order valence-corrected chi connectivity index (χ2v) is 11.3. The first-order valence-corrected chi connectivity index (χ1v) is 12.8. The van der Waals surface area contributed by atoms with Gasteiger partial charge in [0.2, 0.25) is 0 Å². The number of aryl methyl sites for hydroxylation is 1. The van der Waals surface area contributed by atoms with Gasteiger partial charge < -0.3 is 11.1 Å². The number of rotatable bonds is 6. The van der Waals surface area contributed by atoms with Crippen LogP contribution in [0.15, 0.2) is 59.5 Å². The molecule has 0 aliphatic heterocycles. The zero-order chi connectivity index (χ0) is 23.8. The molecule has 7 nitrogen and oxygen atoms in total. The topological polar surface area (TPSA) is 110 Å². The molecule has 4 rings (SSSR count). The van der Waals surface area contributed by atoms with Crippen molar-refractivity contribution in [1.29, 1.82) is 0 Å². The summed E-state index contributed by atoms with van der Waals surface area (Å²) in [6, 6.07) is 14.5. The number of nitrogens with two attached hydrogens (primary N) is 1. The van der Waals surface area contributed by atoms with Gasteiger partial charge in [-0.3, -0.25) is 13.9 Å². The molecule has 1 heterocycles. The van der Waals surface area contributed by atoms with Crippen molar-refractivity contribution in [3.8, 4) is 0 Å². The normalized spacial score (nSPS) is 15.5. The maximum atomic E-state index is 12.9.